The van der Waals surface area contributed by atoms with Crippen LogP contribution in [0, 0.1) is 0 Å². The molecule has 0 bridgehead atoms. The molecular formula is C6H11NO2S. The summed E-state index contributed by atoms with van der Waals surface area (Å²) in [4.78, 5) is 10.9. The Morgan fingerprint density at radius 3 is 2.90 bits per heavy atom. The number of rotatable bonds is 1. The summed E-state index contributed by atoms with van der Waals surface area (Å²) in [5, 5.41) is 3.47. The van der Waals surface area contributed by atoms with Crippen molar-refractivity contribution in [3.05, 3.63) is 0 Å². The van der Waals surface area contributed by atoms with Gasteiger partial charge >= 0.3 is 5.97 Å². The Bertz CT molecular complexity index is 140. The van der Waals surface area contributed by atoms with Gasteiger partial charge in [-0.1, -0.05) is 0 Å². The van der Waals surface area contributed by atoms with Crippen molar-refractivity contribution >= 4 is 17.7 Å². The molecular weight excluding hydrogens is 150 g/mol. The minimum absolute atomic E-state index is 0.0926. The average Bonchev–Trinajstić information content (AvgIpc) is 2.34. The van der Waals surface area contributed by atoms with Crippen molar-refractivity contribution < 1.29 is 9.53 Å². The van der Waals surface area contributed by atoms with E-state index in [1.54, 1.807) is 11.8 Å². The van der Waals surface area contributed by atoms with Crippen LogP contribution >= 0.6 is 11.8 Å². The summed E-state index contributed by atoms with van der Waals surface area (Å²) in [6.45, 7) is 2.04. The van der Waals surface area contributed by atoms with Gasteiger partial charge in [-0.15, -0.1) is 11.8 Å². The van der Waals surface area contributed by atoms with Gasteiger partial charge in [-0.25, -0.2) is 0 Å². The van der Waals surface area contributed by atoms with E-state index in [0.29, 0.717) is 5.37 Å². The first-order valence-electron chi connectivity index (χ1n) is 3.19. The third-order valence-electron chi connectivity index (χ3n) is 1.43. The number of methoxy groups -OCH3 is 1. The van der Waals surface area contributed by atoms with Crippen molar-refractivity contribution in [3.63, 3.8) is 0 Å². The molecule has 1 N–H and O–H groups in total. The van der Waals surface area contributed by atoms with Gasteiger partial charge in [-0.05, 0) is 6.92 Å². The maximum Gasteiger partial charge on any atom is 0.323 e. The van der Waals surface area contributed by atoms with E-state index in [9.17, 15) is 4.79 Å². The Morgan fingerprint density at radius 1 is 1.80 bits per heavy atom. The summed E-state index contributed by atoms with van der Waals surface area (Å²) in [6, 6.07) is -0.0926. The molecule has 10 heavy (non-hydrogen) atoms. The number of hydrogen-bond donors (Lipinski definition) is 1. The molecule has 1 unspecified atom stereocenters. The summed E-state index contributed by atoms with van der Waals surface area (Å²) in [5.74, 6) is 0.672. The molecule has 0 aromatic rings. The van der Waals surface area contributed by atoms with Crippen LogP contribution in [0.1, 0.15) is 6.92 Å². The minimum Gasteiger partial charge on any atom is -0.468 e. The van der Waals surface area contributed by atoms with Crippen LogP contribution in [0.15, 0.2) is 0 Å². The molecule has 1 saturated heterocycles. The fourth-order valence-electron chi connectivity index (χ4n) is 0.898. The van der Waals surface area contributed by atoms with Crippen molar-refractivity contribution in [2.75, 3.05) is 12.9 Å². The number of carbonyl (C=O) groups excluding carboxylic acids is 1. The van der Waals surface area contributed by atoms with E-state index in [-0.39, 0.29) is 12.0 Å². The molecule has 1 rings (SSSR count). The number of hydrogen-bond acceptors (Lipinski definition) is 4. The second kappa shape index (κ2) is 3.25. The highest BCUT2D eigenvalue weighted by atomic mass is 32.2. The van der Waals surface area contributed by atoms with E-state index in [1.807, 2.05) is 6.92 Å². The van der Waals surface area contributed by atoms with Crippen LogP contribution in [-0.2, 0) is 9.53 Å². The van der Waals surface area contributed by atoms with Gasteiger partial charge in [-0.3, -0.25) is 10.1 Å². The highest BCUT2D eigenvalue weighted by molar-refractivity contribution is 8.00. The molecule has 1 heterocycles. The van der Waals surface area contributed by atoms with Gasteiger partial charge in [0.2, 0.25) is 0 Å². The quantitative estimate of drug-likeness (QED) is 0.558. The lowest BCUT2D eigenvalue weighted by molar-refractivity contribution is -0.142. The Kier molecular flexibility index (Phi) is 2.56. The zero-order valence-corrected chi connectivity index (χ0v) is 6.90. The maximum atomic E-state index is 10.9. The number of ether oxygens (including phenoxy) is 1. The minimum atomic E-state index is -0.156. The van der Waals surface area contributed by atoms with Gasteiger partial charge in [0.25, 0.3) is 0 Å². The monoisotopic (exact) mass is 161 g/mol. The maximum absolute atomic E-state index is 10.9. The highest BCUT2D eigenvalue weighted by Gasteiger charge is 2.27. The smallest absolute Gasteiger partial charge is 0.323 e. The van der Waals surface area contributed by atoms with Crippen LogP contribution in [-0.4, -0.2) is 30.2 Å². The largest absolute Gasteiger partial charge is 0.468 e. The van der Waals surface area contributed by atoms with Gasteiger partial charge in [0.15, 0.2) is 0 Å². The predicted octanol–water partition coefficient (Wildman–Crippen LogP) is 0.210. The Hall–Kier alpha value is -0.220. The van der Waals surface area contributed by atoms with Gasteiger partial charge in [-0.2, -0.15) is 0 Å². The average molecular weight is 161 g/mol. The number of thioether (sulfide) groups is 1. The molecule has 0 saturated carbocycles. The first-order valence-corrected chi connectivity index (χ1v) is 4.24. The standard InChI is InChI=1S/C6H11NO2S/c1-4-7-5(3-10-4)6(8)9-2/h4-5,7H,3H2,1-2H3/t4?,5-/m1/s1. The molecule has 3 nitrogen and oxygen atoms in total. The zero-order chi connectivity index (χ0) is 7.56. The van der Waals surface area contributed by atoms with E-state index in [4.69, 9.17) is 0 Å². The van der Waals surface area contributed by atoms with Crippen LogP contribution in [0.5, 0.6) is 0 Å². The lowest BCUT2D eigenvalue weighted by Gasteiger charge is -2.06. The molecule has 1 aliphatic rings. The molecule has 4 heteroatoms. The Labute approximate surface area is 64.5 Å². The van der Waals surface area contributed by atoms with Crippen molar-refractivity contribution in [2.45, 2.75) is 18.3 Å². The normalized spacial score (nSPS) is 32.2. The molecule has 1 fully saturated rings. The SMILES string of the molecule is COC(=O)[C@H]1CSC(C)N1. The van der Waals surface area contributed by atoms with Crippen LogP contribution in [0.3, 0.4) is 0 Å². The summed E-state index contributed by atoms with van der Waals surface area (Å²) >= 11 is 1.74. The number of esters is 1. The first kappa shape index (κ1) is 7.88. The lowest BCUT2D eigenvalue weighted by Crippen LogP contribution is -2.36. The van der Waals surface area contributed by atoms with E-state index < -0.39 is 0 Å². The summed E-state index contributed by atoms with van der Waals surface area (Å²) < 4.78 is 4.57. The van der Waals surface area contributed by atoms with Crippen LogP contribution < -0.4 is 5.32 Å². The third kappa shape index (κ3) is 1.64. The van der Waals surface area contributed by atoms with E-state index >= 15 is 0 Å². The highest BCUT2D eigenvalue weighted by Crippen LogP contribution is 2.17. The fourth-order valence-corrected chi connectivity index (χ4v) is 1.87. The molecule has 2 atom stereocenters. The number of nitrogens with one attached hydrogen (secondary N) is 1. The zero-order valence-electron chi connectivity index (χ0n) is 6.09. The number of carbonyl (C=O) groups is 1. The Balaban J connectivity index is 2.37. The third-order valence-corrected chi connectivity index (χ3v) is 2.60. The molecule has 1 aliphatic heterocycles. The molecule has 58 valence electrons. The van der Waals surface area contributed by atoms with E-state index in [1.165, 1.54) is 7.11 Å². The summed E-state index contributed by atoms with van der Waals surface area (Å²) in [6.07, 6.45) is 0. The first-order chi connectivity index (χ1) is 4.74. The van der Waals surface area contributed by atoms with Gasteiger partial charge in [0, 0.05) is 5.75 Å². The molecule has 0 aliphatic carbocycles. The van der Waals surface area contributed by atoms with Crippen molar-refractivity contribution in [1.82, 2.24) is 5.32 Å². The fraction of sp³-hybridized carbons (Fsp3) is 0.833. The van der Waals surface area contributed by atoms with E-state index in [2.05, 4.69) is 10.1 Å². The molecule has 0 aromatic carbocycles. The summed E-state index contributed by atoms with van der Waals surface area (Å²) in [7, 11) is 1.41. The van der Waals surface area contributed by atoms with Crippen molar-refractivity contribution in [1.29, 1.82) is 0 Å². The lowest BCUT2D eigenvalue weighted by atomic mass is 10.3. The summed E-state index contributed by atoms with van der Waals surface area (Å²) in [5.41, 5.74) is 0. The van der Waals surface area contributed by atoms with Crippen LogP contribution in [0.2, 0.25) is 0 Å². The van der Waals surface area contributed by atoms with Gasteiger partial charge in [0.1, 0.15) is 6.04 Å². The van der Waals surface area contributed by atoms with Gasteiger partial charge in [0.05, 0.1) is 12.5 Å². The van der Waals surface area contributed by atoms with Crippen LogP contribution in [0.25, 0.3) is 0 Å². The van der Waals surface area contributed by atoms with Crippen LogP contribution in [0.4, 0.5) is 0 Å². The topological polar surface area (TPSA) is 38.3 Å². The predicted molar refractivity (Wildman–Crippen MR) is 40.9 cm³/mol. The second-order valence-corrected chi connectivity index (χ2v) is 3.59. The Morgan fingerprint density at radius 2 is 2.50 bits per heavy atom. The van der Waals surface area contributed by atoms with Gasteiger partial charge < -0.3 is 4.74 Å². The van der Waals surface area contributed by atoms with Crippen molar-refractivity contribution in [2.24, 2.45) is 0 Å². The van der Waals surface area contributed by atoms with E-state index in [0.717, 1.165) is 5.75 Å². The second-order valence-electron chi connectivity index (χ2n) is 2.22. The molecule has 0 spiro atoms. The van der Waals surface area contributed by atoms with Crippen molar-refractivity contribution in [3.8, 4) is 0 Å². The molecule has 0 aromatic heterocycles. The molecule has 0 radical (unpaired) electrons. The molecule has 0 amide bonds.